The predicted octanol–water partition coefficient (Wildman–Crippen LogP) is 12.3. The number of benzene rings is 2. The minimum absolute atomic E-state index is 1.16. The van der Waals surface area contributed by atoms with Crippen LogP contribution in [0.3, 0.4) is 0 Å². The van der Waals surface area contributed by atoms with Gasteiger partial charge in [0.25, 0.3) is 0 Å². The summed E-state index contributed by atoms with van der Waals surface area (Å²) in [7, 11) is 0. The average Bonchev–Trinajstić information content (AvgIpc) is 2.87. The van der Waals surface area contributed by atoms with Crippen LogP contribution in [-0.2, 0) is 12.8 Å². The summed E-state index contributed by atoms with van der Waals surface area (Å²) in [6.07, 6.45) is 29.9. The van der Waals surface area contributed by atoms with Crippen molar-refractivity contribution in [1.82, 2.24) is 0 Å². The maximum atomic E-state index is 4.14. The molecule has 0 atom stereocenters. The zero-order chi connectivity index (χ0) is 25.3. The van der Waals surface area contributed by atoms with E-state index in [1.807, 2.05) is 0 Å². The number of rotatable bonds is 18. The third-order valence-corrected chi connectivity index (χ3v) is 7.97. The van der Waals surface area contributed by atoms with Gasteiger partial charge in [0.2, 0.25) is 0 Å². The fraction of sp³-hybridized carbons (Fsp3) is 0.588. The number of unbranched alkanes of at least 4 members (excludes halogenated alkanes) is 10. The summed E-state index contributed by atoms with van der Waals surface area (Å²) in [6.45, 7) is 9.16. The molecule has 0 radical (unpaired) electrons. The van der Waals surface area contributed by atoms with Crippen molar-refractivity contribution in [3.63, 3.8) is 0 Å². The number of allylic oxidation sites excluding steroid dienone is 2. The number of aryl methyl sites for hydroxylation is 2. The topological polar surface area (TPSA) is 0 Å². The molecule has 0 fully saturated rings. The van der Waals surface area contributed by atoms with Crippen LogP contribution in [0, 0.1) is 0 Å². The molecule has 0 saturated carbocycles. The molecule has 0 bridgehead atoms. The number of hydrogen-bond acceptors (Lipinski definition) is 0. The summed E-state index contributed by atoms with van der Waals surface area (Å²) in [5.41, 5.74) is 5.93. The molecule has 1 heteroatoms. The number of hydrogen-bond donors (Lipinski definition) is 0. The van der Waals surface area contributed by atoms with Crippen molar-refractivity contribution in [3.05, 3.63) is 57.1 Å². The van der Waals surface area contributed by atoms with Crippen molar-refractivity contribution in [2.45, 2.75) is 130 Å². The molecular weight excluding hydrogens is 488 g/mol. The summed E-state index contributed by atoms with van der Waals surface area (Å²) in [6, 6.07) is 7.07. The van der Waals surface area contributed by atoms with Gasteiger partial charge in [-0.25, -0.2) is 0 Å². The van der Waals surface area contributed by atoms with Crippen molar-refractivity contribution in [1.29, 1.82) is 0 Å². The largest absolute Gasteiger partial charge is 0.0839 e. The molecule has 0 aromatic heterocycles. The summed E-state index contributed by atoms with van der Waals surface area (Å²) >= 11 is 4.14. The summed E-state index contributed by atoms with van der Waals surface area (Å²) in [4.78, 5) is 0. The Morgan fingerprint density at radius 2 is 1.20 bits per heavy atom. The highest BCUT2D eigenvalue weighted by Crippen LogP contribution is 2.39. The SMILES string of the molecule is CCCCC=Cc1c(C=CCCCC)c(Br)c2c(CCCCCC)cccc2c1CCCCCC. The first-order chi connectivity index (χ1) is 17.2. The Bertz CT molecular complexity index is 918. The lowest BCUT2D eigenvalue weighted by molar-refractivity contribution is 0.667. The molecule has 0 unspecified atom stereocenters. The lowest BCUT2D eigenvalue weighted by atomic mass is 9.87. The summed E-state index contributed by atoms with van der Waals surface area (Å²) < 4.78 is 1.30. The molecule has 0 spiro atoms. The first-order valence-corrected chi connectivity index (χ1v) is 15.6. The van der Waals surface area contributed by atoms with E-state index in [2.05, 4.69) is 86.1 Å². The molecule has 0 amide bonds. The standard InChI is InChI=1S/C34H51Br/c1-5-9-13-17-22-28-23-21-27-31-29(24-18-14-10-6-2)30(25-19-15-11-7-3)32(34(35)33(28)31)26-20-16-12-8-4/h19-21,23,25-27H,5-18,22,24H2,1-4H3. The lowest BCUT2D eigenvalue weighted by Crippen LogP contribution is -2.00. The lowest BCUT2D eigenvalue weighted by Gasteiger charge is -2.19. The van der Waals surface area contributed by atoms with E-state index < -0.39 is 0 Å². The first-order valence-electron chi connectivity index (χ1n) is 14.8. The van der Waals surface area contributed by atoms with Gasteiger partial charge in [0.05, 0.1) is 0 Å². The third kappa shape index (κ3) is 9.56. The van der Waals surface area contributed by atoms with Crippen LogP contribution in [0.15, 0.2) is 34.8 Å². The zero-order valence-electron chi connectivity index (χ0n) is 23.2. The molecule has 2 aromatic rings. The van der Waals surface area contributed by atoms with Crippen LogP contribution in [-0.4, -0.2) is 0 Å². The molecule has 0 nitrogen and oxygen atoms in total. The van der Waals surface area contributed by atoms with E-state index in [0.29, 0.717) is 0 Å². The van der Waals surface area contributed by atoms with Crippen molar-refractivity contribution < 1.29 is 0 Å². The van der Waals surface area contributed by atoms with Gasteiger partial charge in [-0.3, -0.25) is 0 Å². The predicted molar refractivity (Wildman–Crippen MR) is 164 cm³/mol. The van der Waals surface area contributed by atoms with E-state index in [9.17, 15) is 0 Å². The Labute approximate surface area is 225 Å². The second-order valence-electron chi connectivity index (χ2n) is 10.2. The second-order valence-corrected chi connectivity index (χ2v) is 11.0. The molecular formula is C34H51Br. The van der Waals surface area contributed by atoms with Crippen molar-refractivity contribution in [3.8, 4) is 0 Å². The van der Waals surface area contributed by atoms with Crippen LogP contribution < -0.4 is 0 Å². The van der Waals surface area contributed by atoms with Crippen LogP contribution in [0.25, 0.3) is 22.9 Å². The molecule has 0 saturated heterocycles. The highest BCUT2D eigenvalue weighted by molar-refractivity contribution is 9.10. The molecule has 35 heavy (non-hydrogen) atoms. The quantitative estimate of drug-likeness (QED) is 0.165. The average molecular weight is 540 g/mol. The van der Waals surface area contributed by atoms with Crippen LogP contribution >= 0.6 is 15.9 Å². The summed E-state index contributed by atoms with van der Waals surface area (Å²) in [5, 5.41) is 2.94. The smallest absolute Gasteiger partial charge is 0.0335 e. The van der Waals surface area contributed by atoms with Gasteiger partial charge >= 0.3 is 0 Å². The maximum absolute atomic E-state index is 4.14. The number of halogens is 1. The Morgan fingerprint density at radius 1 is 0.629 bits per heavy atom. The van der Waals surface area contributed by atoms with Gasteiger partial charge < -0.3 is 0 Å². The van der Waals surface area contributed by atoms with Gasteiger partial charge in [-0.15, -0.1) is 0 Å². The first kappa shape index (κ1) is 29.9. The highest BCUT2D eigenvalue weighted by atomic mass is 79.9. The van der Waals surface area contributed by atoms with Crippen molar-refractivity contribution in [2.24, 2.45) is 0 Å². The second kappa shape index (κ2) is 18.0. The van der Waals surface area contributed by atoms with Crippen molar-refractivity contribution >= 4 is 38.9 Å². The Balaban J connectivity index is 2.64. The van der Waals surface area contributed by atoms with E-state index in [1.165, 1.54) is 122 Å². The van der Waals surface area contributed by atoms with Crippen LogP contribution in [0.1, 0.15) is 140 Å². The monoisotopic (exact) mass is 538 g/mol. The molecule has 2 aromatic carbocycles. The van der Waals surface area contributed by atoms with Gasteiger partial charge in [-0.05, 0) is 87.5 Å². The molecule has 0 heterocycles. The fourth-order valence-corrected chi connectivity index (χ4v) is 5.83. The molecule has 0 N–H and O–H groups in total. The summed E-state index contributed by atoms with van der Waals surface area (Å²) in [5.74, 6) is 0. The Morgan fingerprint density at radius 3 is 1.80 bits per heavy atom. The van der Waals surface area contributed by atoms with Gasteiger partial charge in [0.15, 0.2) is 0 Å². The van der Waals surface area contributed by atoms with E-state index in [1.54, 1.807) is 5.56 Å². The van der Waals surface area contributed by atoms with Crippen LogP contribution in [0.4, 0.5) is 0 Å². The van der Waals surface area contributed by atoms with Crippen LogP contribution in [0.2, 0.25) is 0 Å². The van der Waals surface area contributed by atoms with E-state index in [0.717, 1.165) is 12.8 Å². The number of fused-ring (bicyclic) bond motifs is 1. The minimum Gasteiger partial charge on any atom is -0.0839 e. The van der Waals surface area contributed by atoms with Crippen LogP contribution in [0.5, 0.6) is 0 Å². The molecule has 0 aliphatic rings. The third-order valence-electron chi connectivity index (χ3n) is 7.14. The Kier molecular flexibility index (Phi) is 15.4. The highest BCUT2D eigenvalue weighted by Gasteiger charge is 2.17. The van der Waals surface area contributed by atoms with Gasteiger partial charge in [0, 0.05) is 4.47 Å². The van der Waals surface area contributed by atoms with E-state index in [4.69, 9.17) is 0 Å². The van der Waals surface area contributed by atoms with E-state index >= 15 is 0 Å². The Hall–Kier alpha value is -1.34. The minimum atomic E-state index is 1.16. The zero-order valence-corrected chi connectivity index (χ0v) is 24.8. The normalized spacial score (nSPS) is 12.0. The van der Waals surface area contributed by atoms with Gasteiger partial charge in [0.1, 0.15) is 0 Å². The maximum Gasteiger partial charge on any atom is 0.0335 e. The van der Waals surface area contributed by atoms with Crippen molar-refractivity contribution in [2.75, 3.05) is 0 Å². The van der Waals surface area contributed by atoms with E-state index in [-0.39, 0.29) is 0 Å². The molecule has 0 aliphatic heterocycles. The molecule has 0 aliphatic carbocycles. The van der Waals surface area contributed by atoms with Gasteiger partial charge in [-0.1, -0.05) is 134 Å². The molecule has 194 valence electrons. The molecule has 2 rings (SSSR count). The van der Waals surface area contributed by atoms with Gasteiger partial charge in [-0.2, -0.15) is 0 Å². The fourth-order valence-electron chi connectivity index (χ4n) is 5.02.